The standard InChI is InChI=1S/C22H24N6O/c1-2-4-16(5-3-1)21-24-15-17-14-18(6-7-19(17)26-21)25-20-8-9-23-22(27-20)28-10-12-29-13-11-28/h1-5,8-9,15,18H,6-7,10-14H2,(H,23,25,27). The van der Waals surface area contributed by atoms with Crippen LogP contribution in [0.1, 0.15) is 17.7 Å². The van der Waals surface area contributed by atoms with Gasteiger partial charge in [-0.3, -0.25) is 0 Å². The highest BCUT2D eigenvalue weighted by molar-refractivity contribution is 5.55. The van der Waals surface area contributed by atoms with Crippen molar-refractivity contribution in [1.82, 2.24) is 19.9 Å². The highest BCUT2D eigenvalue weighted by Crippen LogP contribution is 2.24. The van der Waals surface area contributed by atoms with Crippen LogP contribution in [0.5, 0.6) is 0 Å². The lowest BCUT2D eigenvalue weighted by Crippen LogP contribution is -2.37. The van der Waals surface area contributed by atoms with E-state index in [1.54, 1.807) is 0 Å². The van der Waals surface area contributed by atoms with Gasteiger partial charge in [-0.15, -0.1) is 0 Å². The minimum absolute atomic E-state index is 0.320. The quantitative estimate of drug-likeness (QED) is 0.736. The summed E-state index contributed by atoms with van der Waals surface area (Å²) in [7, 11) is 0. The molecule has 3 heterocycles. The molecule has 0 bridgehead atoms. The van der Waals surface area contributed by atoms with Crippen molar-refractivity contribution < 1.29 is 4.74 Å². The number of hydrogen-bond acceptors (Lipinski definition) is 7. The Morgan fingerprint density at radius 2 is 1.86 bits per heavy atom. The number of hydrogen-bond donors (Lipinski definition) is 1. The minimum atomic E-state index is 0.320. The zero-order valence-electron chi connectivity index (χ0n) is 16.3. The van der Waals surface area contributed by atoms with Crippen molar-refractivity contribution in [2.45, 2.75) is 25.3 Å². The average molecular weight is 388 g/mol. The Hall–Kier alpha value is -3.06. The van der Waals surface area contributed by atoms with Gasteiger partial charge in [-0.05, 0) is 30.9 Å². The predicted octanol–water partition coefficient (Wildman–Crippen LogP) is 2.74. The molecule has 2 aromatic heterocycles. The van der Waals surface area contributed by atoms with Gasteiger partial charge in [0.25, 0.3) is 0 Å². The molecule has 0 saturated carbocycles. The Balaban J connectivity index is 1.28. The summed E-state index contributed by atoms with van der Waals surface area (Å²) in [5.74, 6) is 2.45. The highest BCUT2D eigenvalue weighted by atomic mass is 16.5. The number of nitrogens with zero attached hydrogens (tertiary/aromatic N) is 5. The van der Waals surface area contributed by atoms with E-state index in [0.29, 0.717) is 6.04 Å². The SMILES string of the molecule is c1ccc(-c2ncc3c(n2)CCC(Nc2ccnc(N4CCOCC4)n2)C3)cc1. The Kier molecular flexibility index (Phi) is 5.04. The number of ether oxygens (including phenoxy) is 1. The number of anilines is 2. The van der Waals surface area contributed by atoms with E-state index in [1.807, 2.05) is 36.7 Å². The summed E-state index contributed by atoms with van der Waals surface area (Å²) < 4.78 is 5.42. The second kappa shape index (κ2) is 8.13. The molecule has 0 radical (unpaired) electrons. The molecule has 1 N–H and O–H groups in total. The molecule has 1 saturated heterocycles. The first kappa shape index (κ1) is 18.0. The smallest absolute Gasteiger partial charge is 0.227 e. The molecule has 1 aromatic carbocycles. The van der Waals surface area contributed by atoms with Gasteiger partial charge in [-0.2, -0.15) is 4.98 Å². The fourth-order valence-electron chi connectivity index (χ4n) is 3.91. The zero-order chi connectivity index (χ0) is 19.5. The fourth-order valence-corrected chi connectivity index (χ4v) is 3.91. The van der Waals surface area contributed by atoms with Crippen LogP contribution in [-0.2, 0) is 17.6 Å². The van der Waals surface area contributed by atoms with E-state index in [4.69, 9.17) is 14.7 Å². The van der Waals surface area contributed by atoms with Crippen LogP contribution in [0.4, 0.5) is 11.8 Å². The lowest BCUT2D eigenvalue weighted by molar-refractivity contribution is 0.122. The van der Waals surface area contributed by atoms with E-state index in [-0.39, 0.29) is 0 Å². The zero-order valence-corrected chi connectivity index (χ0v) is 16.3. The Morgan fingerprint density at radius 1 is 1.00 bits per heavy atom. The van der Waals surface area contributed by atoms with Crippen LogP contribution in [0.15, 0.2) is 48.8 Å². The van der Waals surface area contributed by atoms with Crippen LogP contribution in [0.25, 0.3) is 11.4 Å². The van der Waals surface area contributed by atoms with Gasteiger partial charge in [-0.25, -0.2) is 15.0 Å². The molecule has 1 aliphatic heterocycles. The van der Waals surface area contributed by atoms with Crippen molar-refractivity contribution in [1.29, 1.82) is 0 Å². The van der Waals surface area contributed by atoms with Gasteiger partial charge in [0.05, 0.1) is 13.2 Å². The number of aryl methyl sites for hydroxylation is 1. The van der Waals surface area contributed by atoms with Crippen molar-refractivity contribution in [2.24, 2.45) is 0 Å². The van der Waals surface area contributed by atoms with Crippen LogP contribution in [0, 0.1) is 0 Å². The Bertz CT molecular complexity index is 974. The third-order valence-electron chi connectivity index (χ3n) is 5.47. The second-order valence-corrected chi connectivity index (χ2v) is 7.46. The second-order valence-electron chi connectivity index (χ2n) is 7.46. The summed E-state index contributed by atoms with van der Waals surface area (Å²) in [6.07, 6.45) is 6.68. The van der Waals surface area contributed by atoms with Gasteiger partial charge in [0.15, 0.2) is 5.82 Å². The molecule has 7 nitrogen and oxygen atoms in total. The molecule has 148 valence electrons. The Labute approximate surface area is 170 Å². The molecule has 1 fully saturated rings. The maximum atomic E-state index is 5.42. The van der Waals surface area contributed by atoms with Crippen LogP contribution in [0.2, 0.25) is 0 Å². The van der Waals surface area contributed by atoms with Crippen LogP contribution in [0.3, 0.4) is 0 Å². The fraction of sp³-hybridized carbons (Fsp3) is 0.364. The van der Waals surface area contributed by atoms with E-state index in [2.05, 4.69) is 32.3 Å². The molecule has 2 aliphatic rings. The predicted molar refractivity (Wildman–Crippen MR) is 112 cm³/mol. The molecular weight excluding hydrogens is 364 g/mol. The van der Waals surface area contributed by atoms with E-state index in [0.717, 1.165) is 74.4 Å². The summed E-state index contributed by atoms with van der Waals surface area (Å²) in [5.41, 5.74) is 3.44. The molecule has 5 rings (SSSR count). The lowest BCUT2D eigenvalue weighted by Gasteiger charge is -2.28. The Morgan fingerprint density at radius 3 is 2.72 bits per heavy atom. The van der Waals surface area contributed by atoms with Gasteiger partial charge in [-0.1, -0.05) is 30.3 Å². The molecule has 3 aromatic rings. The number of nitrogens with one attached hydrogen (secondary N) is 1. The number of fused-ring (bicyclic) bond motifs is 1. The lowest BCUT2D eigenvalue weighted by atomic mass is 9.92. The van der Waals surface area contributed by atoms with E-state index in [9.17, 15) is 0 Å². The van der Waals surface area contributed by atoms with Crippen molar-refractivity contribution in [3.8, 4) is 11.4 Å². The van der Waals surface area contributed by atoms with E-state index in [1.165, 1.54) is 5.56 Å². The number of morpholine rings is 1. The first-order valence-corrected chi connectivity index (χ1v) is 10.2. The van der Waals surface area contributed by atoms with Gasteiger partial charge in [0, 0.05) is 42.8 Å². The molecule has 1 unspecified atom stereocenters. The van der Waals surface area contributed by atoms with Gasteiger partial charge >= 0.3 is 0 Å². The van der Waals surface area contributed by atoms with Crippen LogP contribution < -0.4 is 10.2 Å². The molecule has 7 heteroatoms. The summed E-state index contributed by atoms with van der Waals surface area (Å²) in [6, 6.07) is 12.4. The van der Waals surface area contributed by atoms with Crippen molar-refractivity contribution in [2.75, 3.05) is 36.5 Å². The van der Waals surface area contributed by atoms with Crippen molar-refractivity contribution in [3.63, 3.8) is 0 Å². The molecular formula is C22H24N6O. The summed E-state index contributed by atoms with van der Waals surface area (Å²) in [6.45, 7) is 3.12. The monoisotopic (exact) mass is 388 g/mol. The maximum absolute atomic E-state index is 5.42. The highest BCUT2D eigenvalue weighted by Gasteiger charge is 2.22. The number of benzene rings is 1. The van der Waals surface area contributed by atoms with Crippen molar-refractivity contribution >= 4 is 11.8 Å². The van der Waals surface area contributed by atoms with E-state index >= 15 is 0 Å². The third kappa shape index (κ3) is 4.05. The third-order valence-corrected chi connectivity index (χ3v) is 5.47. The summed E-state index contributed by atoms with van der Waals surface area (Å²) in [4.78, 5) is 20.7. The minimum Gasteiger partial charge on any atom is -0.378 e. The maximum Gasteiger partial charge on any atom is 0.227 e. The number of rotatable bonds is 4. The van der Waals surface area contributed by atoms with Crippen LogP contribution in [-0.4, -0.2) is 52.3 Å². The first-order valence-electron chi connectivity index (χ1n) is 10.2. The van der Waals surface area contributed by atoms with Crippen LogP contribution >= 0.6 is 0 Å². The van der Waals surface area contributed by atoms with E-state index < -0.39 is 0 Å². The van der Waals surface area contributed by atoms with Gasteiger partial charge in [0.2, 0.25) is 5.95 Å². The first-order chi connectivity index (χ1) is 14.3. The summed E-state index contributed by atoms with van der Waals surface area (Å²) in [5, 5.41) is 3.58. The topological polar surface area (TPSA) is 76.1 Å². The number of aromatic nitrogens is 4. The van der Waals surface area contributed by atoms with Gasteiger partial charge < -0.3 is 15.0 Å². The molecule has 1 aliphatic carbocycles. The van der Waals surface area contributed by atoms with Gasteiger partial charge in [0.1, 0.15) is 5.82 Å². The molecule has 0 spiro atoms. The molecule has 29 heavy (non-hydrogen) atoms. The normalized spacial score (nSPS) is 18.9. The average Bonchev–Trinajstić information content (AvgIpc) is 2.80. The largest absolute Gasteiger partial charge is 0.378 e. The molecule has 1 atom stereocenters. The summed E-state index contributed by atoms with van der Waals surface area (Å²) >= 11 is 0. The molecule has 0 amide bonds. The van der Waals surface area contributed by atoms with Crippen molar-refractivity contribution in [3.05, 3.63) is 60.0 Å².